The third kappa shape index (κ3) is 3.43. The Morgan fingerprint density at radius 2 is 2.12 bits per heavy atom. The van der Waals surface area contributed by atoms with Gasteiger partial charge in [0.1, 0.15) is 5.69 Å². The first kappa shape index (κ1) is 17.2. The number of amides is 1. The Labute approximate surface area is 146 Å². The van der Waals surface area contributed by atoms with E-state index < -0.39 is 17.4 Å². The summed E-state index contributed by atoms with van der Waals surface area (Å²) in [5.74, 6) is -1.07. The molecule has 2 unspecified atom stereocenters. The fraction of sp³-hybridized carbons (Fsp3) is 0.421. The summed E-state index contributed by atoms with van der Waals surface area (Å²) >= 11 is 0. The van der Waals surface area contributed by atoms with E-state index in [-0.39, 0.29) is 5.91 Å². The van der Waals surface area contributed by atoms with Crippen molar-refractivity contribution < 1.29 is 19.1 Å². The van der Waals surface area contributed by atoms with E-state index in [4.69, 9.17) is 4.42 Å². The minimum atomic E-state index is -0.856. The number of carboxylic acid groups (broad SMARTS) is 1. The third-order valence-electron chi connectivity index (χ3n) is 5.01. The van der Waals surface area contributed by atoms with Crippen LogP contribution >= 0.6 is 0 Å². The van der Waals surface area contributed by atoms with E-state index in [0.29, 0.717) is 35.6 Å². The van der Waals surface area contributed by atoms with Gasteiger partial charge in [0.05, 0.1) is 29.0 Å². The van der Waals surface area contributed by atoms with E-state index in [1.54, 1.807) is 31.4 Å². The van der Waals surface area contributed by atoms with Crippen LogP contribution in [0.25, 0.3) is 11.5 Å². The predicted octanol–water partition coefficient (Wildman–Crippen LogP) is 3.41. The van der Waals surface area contributed by atoms with Crippen LogP contribution in [0.2, 0.25) is 0 Å². The number of rotatable bonds is 4. The maximum Gasteiger partial charge on any atom is 0.308 e. The van der Waals surface area contributed by atoms with Crippen LogP contribution in [0.5, 0.6) is 0 Å². The lowest BCUT2D eigenvalue weighted by atomic mass is 9.73. The van der Waals surface area contributed by atoms with Crippen LogP contribution in [0.4, 0.5) is 0 Å². The highest BCUT2D eigenvalue weighted by atomic mass is 16.4. The number of aliphatic carboxylic acids is 1. The summed E-state index contributed by atoms with van der Waals surface area (Å²) in [5.41, 5.74) is 0.947. The zero-order valence-corrected chi connectivity index (χ0v) is 14.4. The van der Waals surface area contributed by atoms with Crippen molar-refractivity contribution in [2.24, 2.45) is 5.92 Å². The minimum Gasteiger partial charge on any atom is -0.481 e. The molecule has 1 saturated carbocycles. The highest BCUT2D eigenvalue weighted by molar-refractivity contribution is 5.96. The number of aromatic nitrogens is 1. The summed E-state index contributed by atoms with van der Waals surface area (Å²) in [6.07, 6.45) is 4.60. The second-order valence-electron chi connectivity index (χ2n) is 6.81. The summed E-state index contributed by atoms with van der Waals surface area (Å²) in [4.78, 5) is 28.7. The van der Waals surface area contributed by atoms with Crippen molar-refractivity contribution in [1.82, 2.24) is 10.3 Å². The second kappa shape index (κ2) is 6.70. The summed E-state index contributed by atoms with van der Waals surface area (Å²) < 4.78 is 5.32. The molecule has 132 valence electrons. The van der Waals surface area contributed by atoms with Gasteiger partial charge in [-0.2, -0.15) is 0 Å². The van der Waals surface area contributed by atoms with E-state index >= 15 is 0 Å². The fourth-order valence-corrected chi connectivity index (χ4v) is 3.57. The van der Waals surface area contributed by atoms with Gasteiger partial charge in [-0.1, -0.05) is 12.8 Å². The van der Waals surface area contributed by atoms with Crippen molar-refractivity contribution >= 4 is 11.9 Å². The molecule has 0 aliphatic heterocycles. The minimum absolute atomic E-state index is 0.286. The maximum atomic E-state index is 12.7. The molecular weight excluding hydrogens is 320 g/mol. The van der Waals surface area contributed by atoms with Gasteiger partial charge < -0.3 is 14.8 Å². The number of hydrogen-bond acceptors (Lipinski definition) is 4. The highest BCUT2D eigenvalue weighted by Gasteiger charge is 2.42. The van der Waals surface area contributed by atoms with Crippen molar-refractivity contribution in [3.8, 4) is 11.5 Å². The van der Waals surface area contributed by atoms with Gasteiger partial charge in [-0.15, -0.1) is 0 Å². The van der Waals surface area contributed by atoms with Gasteiger partial charge in [0.25, 0.3) is 5.91 Å². The molecule has 2 aromatic heterocycles. The van der Waals surface area contributed by atoms with Gasteiger partial charge in [0, 0.05) is 0 Å². The van der Waals surface area contributed by atoms with Crippen molar-refractivity contribution in [2.45, 2.75) is 45.1 Å². The monoisotopic (exact) mass is 342 g/mol. The molecule has 2 N–H and O–H groups in total. The van der Waals surface area contributed by atoms with Crippen LogP contribution in [-0.2, 0) is 4.79 Å². The summed E-state index contributed by atoms with van der Waals surface area (Å²) in [6.45, 7) is 3.59. The Morgan fingerprint density at radius 3 is 2.76 bits per heavy atom. The van der Waals surface area contributed by atoms with Gasteiger partial charge in [-0.3, -0.25) is 9.59 Å². The smallest absolute Gasteiger partial charge is 0.308 e. The van der Waals surface area contributed by atoms with Crippen LogP contribution < -0.4 is 5.32 Å². The largest absolute Gasteiger partial charge is 0.481 e. The molecule has 0 bridgehead atoms. The van der Waals surface area contributed by atoms with Crippen LogP contribution in [0.3, 0.4) is 0 Å². The van der Waals surface area contributed by atoms with Crippen LogP contribution in [0.1, 0.15) is 48.7 Å². The molecule has 0 spiro atoms. The number of carboxylic acids is 1. The van der Waals surface area contributed by atoms with Crippen molar-refractivity contribution in [3.63, 3.8) is 0 Å². The van der Waals surface area contributed by atoms with Gasteiger partial charge >= 0.3 is 5.97 Å². The lowest BCUT2D eigenvalue weighted by Gasteiger charge is -2.39. The van der Waals surface area contributed by atoms with Gasteiger partial charge in [-0.25, -0.2) is 4.98 Å². The Bertz CT molecular complexity index is 785. The number of nitrogens with one attached hydrogen (secondary N) is 1. The molecule has 1 amide bonds. The number of nitrogens with zero attached hydrogens (tertiary/aromatic N) is 1. The molecule has 1 aliphatic rings. The number of carbonyl (C=O) groups excluding carboxylic acids is 1. The standard InChI is InChI=1S/C19H22N2O4/c1-12-13(8-9-15(20-12)16-7-5-11-25-16)17(22)21-19(2)10-4-3-6-14(19)18(23)24/h5,7-9,11,14H,3-4,6,10H2,1-2H3,(H,21,22)(H,23,24). The van der Waals surface area contributed by atoms with Crippen LogP contribution in [0.15, 0.2) is 34.9 Å². The molecule has 1 aliphatic carbocycles. The Morgan fingerprint density at radius 1 is 1.32 bits per heavy atom. The third-order valence-corrected chi connectivity index (χ3v) is 5.01. The van der Waals surface area contributed by atoms with Crippen LogP contribution in [-0.4, -0.2) is 27.5 Å². The van der Waals surface area contributed by atoms with Crippen molar-refractivity contribution in [3.05, 3.63) is 41.8 Å². The Kier molecular flexibility index (Phi) is 4.61. The number of aryl methyl sites for hydroxylation is 1. The van der Waals surface area contributed by atoms with E-state index in [1.807, 2.05) is 13.0 Å². The average molecular weight is 342 g/mol. The summed E-state index contributed by atoms with van der Waals surface area (Å²) in [6, 6.07) is 7.03. The first-order valence-corrected chi connectivity index (χ1v) is 8.47. The molecule has 0 saturated heterocycles. The van der Waals surface area contributed by atoms with E-state index in [1.165, 1.54) is 0 Å². The Hall–Kier alpha value is -2.63. The average Bonchev–Trinajstić information content (AvgIpc) is 3.08. The van der Waals surface area contributed by atoms with Gasteiger partial charge in [-0.05, 0) is 51.0 Å². The molecule has 2 heterocycles. The Balaban J connectivity index is 1.82. The molecule has 3 rings (SSSR count). The maximum absolute atomic E-state index is 12.7. The van der Waals surface area contributed by atoms with Crippen LogP contribution in [0, 0.1) is 12.8 Å². The lowest BCUT2D eigenvalue weighted by Crippen LogP contribution is -2.55. The first-order chi connectivity index (χ1) is 11.9. The van der Waals surface area contributed by atoms with E-state index in [9.17, 15) is 14.7 Å². The molecule has 1 fully saturated rings. The second-order valence-corrected chi connectivity index (χ2v) is 6.81. The number of hydrogen-bond donors (Lipinski definition) is 2. The molecule has 6 nitrogen and oxygen atoms in total. The zero-order chi connectivity index (χ0) is 18.0. The number of pyridine rings is 1. The summed E-state index contributed by atoms with van der Waals surface area (Å²) in [7, 11) is 0. The number of furan rings is 1. The highest BCUT2D eigenvalue weighted by Crippen LogP contribution is 2.34. The van der Waals surface area contributed by atoms with Gasteiger partial charge in [0.2, 0.25) is 0 Å². The van der Waals surface area contributed by atoms with E-state index in [0.717, 1.165) is 12.8 Å². The van der Waals surface area contributed by atoms with Crippen molar-refractivity contribution in [2.75, 3.05) is 0 Å². The van der Waals surface area contributed by atoms with Crippen molar-refractivity contribution in [1.29, 1.82) is 0 Å². The molecule has 2 aromatic rings. The normalized spacial score (nSPS) is 23.2. The topological polar surface area (TPSA) is 92.4 Å². The molecule has 0 radical (unpaired) electrons. The quantitative estimate of drug-likeness (QED) is 0.888. The molecule has 0 aromatic carbocycles. The molecule has 25 heavy (non-hydrogen) atoms. The molecule has 2 atom stereocenters. The summed E-state index contributed by atoms with van der Waals surface area (Å²) in [5, 5.41) is 12.4. The first-order valence-electron chi connectivity index (χ1n) is 8.47. The van der Waals surface area contributed by atoms with E-state index in [2.05, 4.69) is 10.3 Å². The zero-order valence-electron chi connectivity index (χ0n) is 14.4. The molecule has 6 heteroatoms. The number of carbonyl (C=O) groups is 2. The predicted molar refractivity (Wildman–Crippen MR) is 92.1 cm³/mol. The fourth-order valence-electron chi connectivity index (χ4n) is 3.57. The SMILES string of the molecule is Cc1nc(-c2ccco2)ccc1C(=O)NC1(C)CCCCC1C(=O)O. The van der Waals surface area contributed by atoms with Gasteiger partial charge in [0.15, 0.2) is 5.76 Å². The molecular formula is C19H22N2O4. The lowest BCUT2D eigenvalue weighted by molar-refractivity contribution is -0.145.